The van der Waals surface area contributed by atoms with E-state index in [2.05, 4.69) is 5.32 Å². The molecular weight excluding hydrogens is 216 g/mol. The van der Waals surface area contributed by atoms with E-state index in [0.29, 0.717) is 13.0 Å². The average molecular weight is 236 g/mol. The molecule has 0 aliphatic rings. The number of amides is 1. The first-order valence-corrected chi connectivity index (χ1v) is 5.84. The first kappa shape index (κ1) is 13.7. The summed E-state index contributed by atoms with van der Waals surface area (Å²) in [4.78, 5) is 11.8. The number of carbonyl (C=O) groups excluding carboxylic acids is 1. The van der Waals surface area contributed by atoms with Crippen LogP contribution in [-0.2, 0) is 4.79 Å². The molecule has 1 amide bonds. The van der Waals surface area contributed by atoms with Crippen molar-refractivity contribution >= 4 is 5.91 Å². The zero-order chi connectivity index (χ0) is 12.7. The van der Waals surface area contributed by atoms with Crippen molar-refractivity contribution in [1.82, 2.24) is 5.32 Å². The van der Waals surface area contributed by atoms with Crippen LogP contribution in [0.2, 0.25) is 0 Å². The third-order valence-electron chi connectivity index (χ3n) is 2.69. The van der Waals surface area contributed by atoms with Gasteiger partial charge in [0.15, 0.2) is 0 Å². The van der Waals surface area contributed by atoms with Crippen molar-refractivity contribution in [3.63, 3.8) is 0 Å². The van der Waals surface area contributed by atoms with Crippen LogP contribution in [0.15, 0.2) is 30.3 Å². The summed E-state index contributed by atoms with van der Waals surface area (Å²) in [7, 11) is 0. The fourth-order valence-corrected chi connectivity index (χ4v) is 1.52. The molecule has 0 radical (unpaired) electrons. The van der Waals surface area contributed by atoms with Crippen LogP contribution in [0.5, 0.6) is 0 Å². The predicted molar refractivity (Wildman–Crippen MR) is 67.2 cm³/mol. The molecule has 0 fully saturated rings. The molecule has 0 spiro atoms. The lowest BCUT2D eigenvalue weighted by molar-refractivity contribution is -0.122. The molecule has 4 N–H and O–H groups in total. The summed E-state index contributed by atoms with van der Waals surface area (Å²) in [6, 6.07) is 8.64. The molecule has 0 saturated heterocycles. The van der Waals surface area contributed by atoms with Gasteiger partial charge in [-0.25, -0.2) is 0 Å². The van der Waals surface area contributed by atoms with Gasteiger partial charge in [0, 0.05) is 13.2 Å². The summed E-state index contributed by atoms with van der Waals surface area (Å²) in [6.07, 6.45) is 0.681. The van der Waals surface area contributed by atoms with Crippen molar-refractivity contribution in [3.8, 4) is 0 Å². The summed E-state index contributed by atoms with van der Waals surface area (Å²) < 4.78 is 0. The maximum Gasteiger partial charge on any atom is 0.241 e. The molecule has 1 aromatic carbocycles. The SMILES string of the molecule is CC(CCO)CNC(=O)[C@@H](N)c1ccccc1. The monoisotopic (exact) mass is 236 g/mol. The average Bonchev–Trinajstić information content (AvgIpc) is 2.36. The van der Waals surface area contributed by atoms with Gasteiger partial charge in [-0.15, -0.1) is 0 Å². The quantitative estimate of drug-likeness (QED) is 0.684. The molecule has 0 saturated carbocycles. The second kappa shape index (κ2) is 7.04. The zero-order valence-electron chi connectivity index (χ0n) is 10.1. The number of nitrogens with one attached hydrogen (secondary N) is 1. The van der Waals surface area contributed by atoms with E-state index < -0.39 is 6.04 Å². The molecule has 1 aromatic rings. The van der Waals surface area contributed by atoms with Gasteiger partial charge in [0.25, 0.3) is 0 Å². The first-order valence-electron chi connectivity index (χ1n) is 5.84. The van der Waals surface area contributed by atoms with Crippen LogP contribution >= 0.6 is 0 Å². The Morgan fingerprint density at radius 3 is 2.65 bits per heavy atom. The largest absolute Gasteiger partial charge is 0.396 e. The number of aliphatic hydroxyl groups excluding tert-OH is 1. The van der Waals surface area contributed by atoms with E-state index in [9.17, 15) is 4.79 Å². The highest BCUT2D eigenvalue weighted by Crippen LogP contribution is 2.09. The molecule has 0 bridgehead atoms. The molecule has 4 nitrogen and oxygen atoms in total. The van der Waals surface area contributed by atoms with Crippen LogP contribution in [0.4, 0.5) is 0 Å². The smallest absolute Gasteiger partial charge is 0.241 e. The van der Waals surface area contributed by atoms with E-state index in [-0.39, 0.29) is 18.4 Å². The van der Waals surface area contributed by atoms with E-state index in [0.717, 1.165) is 5.56 Å². The molecule has 0 heterocycles. The molecule has 0 aromatic heterocycles. The van der Waals surface area contributed by atoms with Crippen LogP contribution in [0.25, 0.3) is 0 Å². The topological polar surface area (TPSA) is 75.3 Å². The summed E-state index contributed by atoms with van der Waals surface area (Å²) >= 11 is 0. The Hall–Kier alpha value is -1.39. The van der Waals surface area contributed by atoms with E-state index in [1.165, 1.54) is 0 Å². The fourth-order valence-electron chi connectivity index (χ4n) is 1.52. The third kappa shape index (κ3) is 4.54. The van der Waals surface area contributed by atoms with Crippen LogP contribution in [0, 0.1) is 5.92 Å². The summed E-state index contributed by atoms with van der Waals surface area (Å²) in [5.74, 6) is 0.0768. The number of nitrogens with two attached hydrogens (primary N) is 1. The molecule has 2 atom stereocenters. The Labute approximate surface area is 102 Å². The maximum atomic E-state index is 11.8. The van der Waals surface area contributed by atoms with Crippen molar-refractivity contribution in [2.45, 2.75) is 19.4 Å². The second-order valence-electron chi connectivity index (χ2n) is 4.25. The van der Waals surface area contributed by atoms with Gasteiger partial charge in [-0.05, 0) is 17.9 Å². The van der Waals surface area contributed by atoms with Crippen molar-refractivity contribution in [2.24, 2.45) is 11.7 Å². The predicted octanol–water partition coefficient (Wildman–Crippen LogP) is 0.821. The first-order chi connectivity index (χ1) is 8.15. The van der Waals surface area contributed by atoms with E-state index in [4.69, 9.17) is 10.8 Å². The highest BCUT2D eigenvalue weighted by Gasteiger charge is 2.15. The third-order valence-corrected chi connectivity index (χ3v) is 2.69. The van der Waals surface area contributed by atoms with Gasteiger partial charge < -0.3 is 16.2 Å². The van der Waals surface area contributed by atoms with E-state index >= 15 is 0 Å². The molecule has 1 rings (SSSR count). The highest BCUT2D eigenvalue weighted by atomic mass is 16.3. The lowest BCUT2D eigenvalue weighted by atomic mass is 10.1. The van der Waals surface area contributed by atoms with E-state index in [1.807, 2.05) is 37.3 Å². The number of rotatable bonds is 6. The summed E-state index contributed by atoms with van der Waals surface area (Å²) in [6.45, 7) is 2.66. The minimum Gasteiger partial charge on any atom is -0.396 e. The van der Waals surface area contributed by atoms with Crippen LogP contribution in [0.3, 0.4) is 0 Å². The highest BCUT2D eigenvalue weighted by molar-refractivity contribution is 5.82. The zero-order valence-corrected chi connectivity index (χ0v) is 10.1. The Balaban J connectivity index is 2.43. The van der Waals surface area contributed by atoms with Crippen LogP contribution < -0.4 is 11.1 Å². The molecular formula is C13H20N2O2. The van der Waals surface area contributed by atoms with Crippen molar-refractivity contribution in [3.05, 3.63) is 35.9 Å². The molecule has 94 valence electrons. The normalized spacial score (nSPS) is 14.1. The Morgan fingerprint density at radius 2 is 2.06 bits per heavy atom. The minimum absolute atomic E-state index is 0.141. The Bertz CT molecular complexity index is 341. The van der Waals surface area contributed by atoms with Gasteiger partial charge >= 0.3 is 0 Å². The lowest BCUT2D eigenvalue weighted by Crippen LogP contribution is -2.36. The van der Waals surface area contributed by atoms with Gasteiger partial charge in [0.1, 0.15) is 6.04 Å². The van der Waals surface area contributed by atoms with E-state index in [1.54, 1.807) is 0 Å². The van der Waals surface area contributed by atoms with Crippen molar-refractivity contribution in [1.29, 1.82) is 0 Å². The maximum absolute atomic E-state index is 11.8. The summed E-state index contributed by atoms with van der Waals surface area (Å²) in [5.41, 5.74) is 6.64. The van der Waals surface area contributed by atoms with Gasteiger partial charge in [0.05, 0.1) is 0 Å². The fraction of sp³-hybridized carbons (Fsp3) is 0.462. The molecule has 4 heteroatoms. The Morgan fingerprint density at radius 1 is 1.41 bits per heavy atom. The van der Waals surface area contributed by atoms with Crippen LogP contribution in [-0.4, -0.2) is 24.2 Å². The molecule has 17 heavy (non-hydrogen) atoms. The van der Waals surface area contributed by atoms with Gasteiger partial charge in [-0.3, -0.25) is 4.79 Å². The minimum atomic E-state index is -0.627. The number of carbonyl (C=O) groups is 1. The number of benzene rings is 1. The lowest BCUT2D eigenvalue weighted by Gasteiger charge is -2.15. The second-order valence-corrected chi connectivity index (χ2v) is 4.25. The number of aliphatic hydroxyl groups is 1. The molecule has 0 aliphatic heterocycles. The summed E-state index contributed by atoms with van der Waals surface area (Å²) in [5, 5.41) is 11.5. The Kier molecular flexibility index (Phi) is 5.66. The molecule has 1 unspecified atom stereocenters. The van der Waals surface area contributed by atoms with Gasteiger partial charge in [-0.1, -0.05) is 37.3 Å². The number of hydrogen-bond donors (Lipinski definition) is 3. The van der Waals surface area contributed by atoms with Crippen LogP contribution in [0.1, 0.15) is 24.9 Å². The van der Waals surface area contributed by atoms with Crippen molar-refractivity contribution in [2.75, 3.05) is 13.2 Å². The van der Waals surface area contributed by atoms with Crippen molar-refractivity contribution < 1.29 is 9.90 Å². The molecule has 0 aliphatic carbocycles. The number of hydrogen-bond acceptors (Lipinski definition) is 3. The standard InChI is InChI=1S/C13H20N2O2/c1-10(7-8-16)9-15-13(17)12(14)11-5-3-2-4-6-11/h2-6,10,12,16H,7-9,14H2,1H3,(H,15,17)/t10?,12-/m0/s1. The van der Waals surface area contributed by atoms with Gasteiger partial charge in [-0.2, -0.15) is 0 Å². The van der Waals surface area contributed by atoms with Gasteiger partial charge in [0.2, 0.25) is 5.91 Å².